The number of ether oxygens (including phenoxy) is 1. The van der Waals surface area contributed by atoms with E-state index in [1.807, 2.05) is 16.8 Å². The summed E-state index contributed by atoms with van der Waals surface area (Å²) in [6.45, 7) is 0.930. The average Bonchev–Trinajstić information content (AvgIpc) is 3.20. The number of hydrogen-bond donors (Lipinski definition) is 2. The minimum atomic E-state index is -4.63. The molecule has 6 nitrogen and oxygen atoms in total. The monoisotopic (exact) mass is 412 g/mol. The smallest absolute Gasteiger partial charge is 0.433 e. The third-order valence-corrected chi connectivity index (χ3v) is 4.53. The normalized spacial score (nSPS) is 12.2. The molecule has 0 spiro atoms. The Morgan fingerprint density at radius 3 is 2.75 bits per heavy atom. The Morgan fingerprint density at radius 2 is 2.14 bits per heavy atom. The summed E-state index contributed by atoms with van der Waals surface area (Å²) in [6.07, 6.45) is -4.48. The molecule has 0 bridgehead atoms. The maximum Gasteiger partial charge on any atom is 0.433 e. The molecular formula is C18H19F3N4O2S. The van der Waals surface area contributed by atoms with Gasteiger partial charge < -0.3 is 15.4 Å². The van der Waals surface area contributed by atoms with Gasteiger partial charge in [-0.1, -0.05) is 0 Å². The minimum absolute atomic E-state index is 0.0687. The number of halogens is 3. The van der Waals surface area contributed by atoms with Crippen molar-refractivity contribution in [3.05, 3.63) is 45.8 Å². The van der Waals surface area contributed by atoms with E-state index in [4.69, 9.17) is 4.74 Å². The summed E-state index contributed by atoms with van der Waals surface area (Å²) in [4.78, 5) is 14.7. The van der Waals surface area contributed by atoms with E-state index in [9.17, 15) is 23.2 Å². The summed E-state index contributed by atoms with van der Waals surface area (Å²) in [6, 6.07) is 5.42. The van der Waals surface area contributed by atoms with E-state index in [1.54, 1.807) is 13.1 Å². The van der Waals surface area contributed by atoms with Gasteiger partial charge in [0.05, 0.1) is 0 Å². The van der Waals surface area contributed by atoms with E-state index in [1.165, 1.54) is 11.3 Å². The van der Waals surface area contributed by atoms with Crippen LogP contribution in [0.4, 0.5) is 13.2 Å². The molecule has 2 aromatic heterocycles. The van der Waals surface area contributed by atoms with Crippen molar-refractivity contribution in [1.29, 1.82) is 5.26 Å². The van der Waals surface area contributed by atoms with Crippen LogP contribution in [0.15, 0.2) is 29.0 Å². The quantitative estimate of drug-likeness (QED) is 0.618. The fourth-order valence-electron chi connectivity index (χ4n) is 2.34. The average molecular weight is 412 g/mol. The fourth-order valence-corrected chi connectivity index (χ4v) is 3.05. The molecule has 150 valence electrons. The Hall–Kier alpha value is -2.64. The van der Waals surface area contributed by atoms with E-state index < -0.39 is 18.0 Å². The molecule has 0 aliphatic rings. The largest absolute Gasteiger partial charge is 0.468 e. The molecule has 0 saturated carbocycles. The second-order valence-corrected chi connectivity index (χ2v) is 6.56. The number of aromatic nitrogens is 1. The van der Waals surface area contributed by atoms with E-state index in [-0.39, 0.29) is 17.4 Å². The Morgan fingerprint density at radius 1 is 1.36 bits per heavy atom. The van der Waals surface area contributed by atoms with Gasteiger partial charge in [-0.15, -0.1) is 0 Å². The zero-order valence-corrected chi connectivity index (χ0v) is 15.9. The Labute approximate surface area is 164 Å². The fraction of sp³-hybridized carbons (Fsp3) is 0.389. The number of nitriles is 1. The molecule has 28 heavy (non-hydrogen) atoms. The molecule has 0 radical (unpaired) electrons. The van der Waals surface area contributed by atoms with Crippen LogP contribution in [0.2, 0.25) is 0 Å². The van der Waals surface area contributed by atoms with Crippen molar-refractivity contribution in [1.82, 2.24) is 15.6 Å². The third kappa shape index (κ3) is 6.21. The summed E-state index contributed by atoms with van der Waals surface area (Å²) in [5.41, 5.74) is -0.406. The van der Waals surface area contributed by atoms with Gasteiger partial charge in [0.15, 0.2) is 0 Å². The summed E-state index contributed by atoms with van der Waals surface area (Å²) >= 11 is 1.43. The molecular weight excluding hydrogens is 393 g/mol. The van der Waals surface area contributed by atoms with Crippen LogP contribution in [0.1, 0.15) is 35.8 Å². The standard InChI is InChI=1S/C18H19F3N4O2S/c1-23-16(26)5-8-24-7-4-14(13-6-9-28-11-13)27-17-12(10-22)2-3-15(25-17)18(19,20)21/h2-3,6,9,11,14,24H,4-5,7-8H2,1H3,(H,23,26)/t14-/m1/s1. The number of carbonyl (C=O) groups excluding carboxylic acids is 1. The van der Waals surface area contributed by atoms with Gasteiger partial charge in [0.1, 0.15) is 23.4 Å². The lowest BCUT2D eigenvalue weighted by atomic mass is 10.1. The number of carbonyl (C=O) groups is 1. The van der Waals surface area contributed by atoms with Crippen molar-refractivity contribution in [3.8, 4) is 11.9 Å². The second-order valence-electron chi connectivity index (χ2n) is 5.78. The zero-order valence-electron chi connectivity index (χ0n) is 15.0. The molecule has 0 unspecified atom stereocenters. The number of rotatable bonds is 9. The predicted octanol–water partition coefficient (Wildman–Crippen LogP) is 3.27. The first-order valence-electron chi connectivity index (χ1n) is 8.43. The van der Waals surface area contributed by atoms with Gasteiger partial charge in [0, 0.05) is 32.0 Å². The van der Waals surface area contributed by atoms with E-state index >= 15 is 0 Å². The highest BCUT2D eigenvalue weighted by Crippen LogP contribution is 2.32. The van der Waals surface area contributed by atoms with Crippen molar-refractivity contribution in [3.63, 3.8) is 0 Å². The summed E-state index contributed by atoms with van der Waals surface area (Å²) in [5.74, 6) is -0.441. The molecule has 0 aliphatic heterocycles. The molecule has 2 N–H and O–H groups in total. The molecule has 10 heteroatoms. The van der Waals surface area contributed by atoms with Gasteiger partial charge in [-0.25, -0.2) is 4.98 Å². The first-order chi connectivity index (χ1) is 13.3. The summed E-state index contributed by atoms with van der Waals surface area (Å²) < 4.78 is 44.6. The van der Waals surface area contributed by atoms with Crippen molar-refractivity contribution in [2.45, 2.75) is 25.1 Å². The number of nitrogens with zero attached hydrogens (tertiary/aromatic N) is 2. The van der Waals surface area contributed by atoms with Crippen LogP contribution in [-0.2, 0) is 11.0 Å². The highest BCUT2D eigenvalue weighted by atomic mass is 32.1. The molecule has 1 amide bonds. The van der Waals surface area contributed by atoms with Crippen LogP contribution < -0.4 is 15.4 Å². The van der Waals surface area contributed by atoms with Gasteiger partial charge in [0.25, 0.3) is 0 Å². The minimum Gasteiger partial charge on any atom is -0.468 e. The topological polar surface area (TPSA) is 87.0 Å². The molecule has 2 aromatic rings. The van der Waals surface area contributed by atoms with Gasteiger partial charge in [-0.3, -0.25) is 4.79 Å². The first-order valence-corrected chi connectivity index (χ1v) is 9.37. The van der Waals surface area contributed by atoms with Crippen LogP contribution in [0.25, 0.3) is 0 Å². The van der Waals surface area contributed by atoms with E-state index in [2.05, 4.69) is 15.6 Å². The van der Waals surface area contributed by atoms with Crippen LogP contribution >= 0.6 is 11.3 Å². The SMILES string of the molecule is CNC(=O)CCNCC[C@@H](Oc1nc(C(F)(F)F)ccc1C#N)c1ccsc1. The number of amides is 1. The molecule has 0 aromatic carbocycles. The van der Waals surface area contributed by atoms with Crippen molar-refractivity contribution >= 4 is 17.2 Å². The van der Waals surface area contributed by atoms with Gasteiger partial charge in [-0.05, 0) is 35.5 Å². The number of alkyl halides is 3. The summed E-state index contributed by atoms with van der Waals surface area (Å²) in [7, 11) is 1.55. The van der Waals surface area contributed by atoms with Crippen LogP contribution in [0.3, 0.4) is 0 Å². The van der Waals surface area contributed by atoms with Gasteiger partial charge in [0.2, 0.25) is 11.8 Å². The molecule has 2 rings (SSSR count). The molecule has 0 saturated heterocycles. The summed E-state index contributed by atoms with van der Waals surface area (Å²) in [5, 5.41) is 18.4. The molecule has 2 heterocycles. The van der Waals surface area contributed by atoms with E-state index in [0.29, 0.717) is 25.9 Å². The Bertz CT molecular complexity index is 819. The zero-order chi connectivity index (χ0) is 20.6. The maximum atomic E-state index is 13.0. The number of nitrogens with one attached hydrogen (secondary N) is 2. The number of thiophene rings is 1. The first kappa shape index (κ1) is 21.7. The lowest BCUT2D eigenvalue weighted by Crippen LogP contribution is -2.26. The van der Waals surface area contributed by atoms with Gasteiger partial charge >= 0.3 is 6.18 Å². The van der Waals surface area contributed by atoms with E-state index in [0.717, 1.165) is 17.7 Å². The third-order valence-electron chi connectivity index (χ3n) is 3.83. The highest BCUT2D eigenvalue weighted by Gasteiger charge is 2.33. The number of hydrogen-bond acceptors (Lipinski definition) is 6. The van der Waals surface area contributed by atoms with Gasteiger partial charge in [-0.2, -0.15) is 29.8 Å². The molecule has 0 fully saturated rings. The van der Waals surface area contributed by atoms with Crippen LogP contribution in [0.5, 0.6) is 5.88 Å². The van der Waals surface area contributed by atoms with Crippen LogP contribution in [-0.4, -0.2) is 31.0 Å². The number of pyridine rings is 1. The lowest BCUT2D eigenvalue weighted by molar-refractivity contribution is -0.141. The maximum absolute atomic E-state index is 13.0. The molecule has 1 atom stereocenters. The Balaban J connectivity index is 2.11. The second kappa shape index (κ2) is 10.1. The molecule has 0 aliphatic carbocycles. The van der Waals surface area contributed by atoms with Crippen molar-refractivity contribution in [2.24, 2.45) is 0 Å². The lowest BCUT2D eigenvalue weighted by Gasteiger charge is -2.19. The van der Waals surface area contributed by atoms with Crippen molar-refractivity contribution < 1.29 is 22.7 Å². The van der Waals surface area contributed by atoms with Crippen LogP contribution in [0, 0.1) is 11.3 Å². The predicted molar refractivity (Wildman–Crippen MR) is 97.8 cm³/mol. The van der Waals surface area contributed by atoms with Crippen molar-refractivity contribution in [2.75, 3.05) is 20.1 Å². The highest BCUT2D eigenvalue weighted by molar-refractivity contribution is 7.07. The Kier molecular flexibility index (Phi) is 7.78.